The number of amides is 1. The van der Waals surface area contributed by atoms with Gasteiger partial charge in [0.05, 0.1) is 11.6 Å². The molecule has 1 amide bonds. The fourth-order valence-electron chi connectivity index (χ4n) is 4.94. The first-order chi connectivity index (χ1) is 13.7. The van der Waals surface area contributed by atoms with Gasteiger partial charge in [0.2, 0.25) is 5.91 Å². The number of hydrogen-bond donors (Lipinski definition) is 0. The van der Waals surface area contributed by atoms with E-state index in [1.165, 1.54) is 18.9 Å². The predicted molar refractivity (Wildman–Crippen MR) is 113 cm³/mol. The van der Waals surface area contributed by atoms with Crippen molar-refractivity contribution in [2.75, 3.05) is 19.6 Å². The molecule has 4 rings (SSSR count). The zero-order valence-electron chi connectivity index (χ0n) is 17.0. The molecule has 2 saturated heterocycles. The zero-order chi connectivity index (χ0) is 19.5. The van der Waals surface area contributed by atoms with Crippen LogP contribution in [0.1, 0.15) is 62.5 Å². The second kappa shape index (κ2) is 9.91. The molecular weight excluding hydrogens is 389 g/mol. The normalized spacial score (nSPS) is 23.7. The molecule has 0 N–H and O–H groups in total. The van der Waals surface area contributed by atoms with Gasteiger partial charge in [-0.25, -0.2) is 4.39 Å². The van der Waals surface area contributed by atoms with E-state index in [1.807, 2.05) is 6.07 Å². The molecule has 4 nitrogen and oxygen atoms in total. The van der Waals surface area contributed by atoms with Crippen molar-refractivity contribution in [3.05, 3.63) is 35.1 Å². The van der Waals surface area contributed by atoms with Crippen LogP contribution in [-0.4, -0.2) is 41.4 Å². The van der Waals surface area contributed by atoms with E-state index in [0.29, 0.717) is 41.5 Å². The van der Waals surface area contributed by atoms with Gasteiger partial charge in [-0.15, -0.1) is 12.4 Å². The van der Waals surface area contributed by atoms with Crippen LogP contribution in [0.2, 0.25) is 0 Å². The Kier molecular flexibility index (Phi) is 7.54. The van der Waals surface area contributed by atoms with Gasteiger partial charge in [-0.1, -0.05) is 18.9 Å². The van der Waals surface area contributed by atoms with Gasteiger partial charge in [-0.2, -0.15) is 5.26 Å². The Balaban J connectivity index is 0.00000240. The Morgan fingerprint density at radius 1 is 1.07 bits per heavy atom. The van der Waals surface area contributed by atoms with Crippen LogP contribution in [0.5, 0.6) is 0 Å². The van der Waals surface area contributed by atoms with Gasteiger partial charge in [0, 0.05) is 30.6 Å². The minimum Gasteiger partial charge on any atom is -0.339 e. The van der Waals surface area contributed by atoms with Crippen LogP contribution in [0.15, 0.2) is 18.2 Å². The minimum atomic E-state index is -0.286. The summed E-state index contributed by atoms with van der Waals surface area (Å²) in [6.07, 6.45) is 9.08. The van der Waals surface area contributed by atoms with E-state index in [9.17, 15) is 9.18 Å². The monoisotopic (exact) mass is 419 g/mol. The van der Waals surface area contributed by atoms with Crippen molar-refractivity contribution in [2.45, 2.75) is 64.0 Å². The van der Waals surface area contributed by atoms with Crippen molar-refractivity contribution in [1.82, 2.24) is 9.80 Å². The molecule has 0 aromatic heterocycles. The average Bonchev–Trinajstić information content (AvgIpc) is 3.56. The molecular formula is C23H31ClFN3O. The molecule has 1 unspecified atom stereocenters. The molecule has 1 aromatic carbocycles. The van der Waals surface area contributed by atoms with E-state index in [2.05, 4.69) is 9.80 Å². The van der Waals surface area contributed by atoms with E-state index in [4.69, 9.17) is 5.26 Å². The first kappa shape index (κ1) is 22.1. The van der Waals surface area contributed by atoms with Gasteiger partial charge in [0.25, 0.3) is 0 Å². The summed E-state index contributed by atoms with van der Waals surface area (Å²) in [5.74, 6) is 1.00. The van der Waals surface area contributed by atoms with Crippen LogP contribution in [-0.2, 0) is 11.3 Å². The molecule has 6 heteroatoms. The smallest absolute Gasteiger partial charge is 0.225 e. The molecule has 3 fully saturated rings. The lowest BCUT2D eigenvalue weighted by Gasteiger charge is -2.41. The van der Waals surface area contributed by atoms with Crippen molar-refractivity contribution < 1.29 is 9.18 Å². The summed E-state index contributed by atoms with van der Waals surface area (Å²) in [6.45, 7) is 3.44. The first-order valence-corrected chi connectivity index (χ1v) is 10.9. The fraction of sp³-hybridized carbons (Fsp3) is 0.652. The predicted octanol–water partition coefficient (Wildman–Crippen LogP) is 4.51. The maximum Gasteiger partial charge on any atom is 0.225 e. The second-order valence-electron chi connectivity index (χ2n) is 8.75. The van der Waals surface area contributed by atoms with Crippen molar-refractivity contribution in [1.29, 1.82) is 5.26 Å². The summed E-state index contributed by atoms with van der Waals surface area (Å²) in [5, 5.41) is 8.89. The number of rotatable bonds is 4. The summed E-state index contributed by atoms with van der Waals surface area (Å²) < 4.78 is 14.2. The molecule has 0 bridgehead atoms. The topological polar surface area (TPSA) is 47.3 Å². The number of halogens is 2. The van der Waals surface area contributed by atoms with E-state index < -0.39 is 0 Å². The third kappa shape index (κ3) is 5.29. The van der Waals surface area contributed by atoms with E-state index in [1.54, 1.807) is 12.1 Å². The van der Waals surface area contributed by atoms with Crippen molar-refractivity contribution >= 4 is 18.3 Å². The highest BCUT2D eigenvalue weighted by Crippen LogP contribution is 2.36. The maximum atomic E-state index is 14.2. The molecule has 158 valence electrons. The molecule has 3 aliphatic rings. The second-order valence-corrected chi connectivity index (χ2v) is 8.75. The number of carbonyl (C=O) groups is 1. The third-order valence-corrected chi connectivity index (χ3v) is 6.76. The van der Waals surface area contributed by atoms with E-state index in [-0.39, 0.29) is 18.2 Å². The fourth-order valence-corrected chi connectivity index (χ4v) is 4.94. The lowest BCUT2D eigenvalue weighted by Crippen LogP contribution is -2.48. The van der Waals surface area contributed by atoms with Crippen LogP contribution in [0.25, 0.3) is 0 Å². The number of nitriles is 1. The third-order valence-electron chi connectivity index (χ3n) is 6.76. The summed E-state index contributed by atoms with van der Waals surface area (Å²) >= 11 is 0. The lowest BCUT2D eigenvalue weighted by molar-refractivity contribution is -0.136. The summed E-state index contributed by atoms with van der Waals surface area (Å²) in [6, 6.07) is 7.15. The average molecular weight is 420 g/mol. The Morgan fingerprint density at radius 3 is 2.48 bits per heavy atom. The molecule has 1 atom stereocenters. The number of hydrogen-bond acceptors (Lipinski definition) is 3. The van der Waals surface area contributed by atoms with Crippen LogP contribution in [0.3, 0.4) is 0 Å². The molecule has 0 radical (unpaired) electrons. The summed E-state index contributed by atoms with van der Waals surface area (Å²) in [7, 11) is 0. The highest BCUT2D eigenvalue weighted by atomic mass is 35.5. The Morgan fingerprint density at radius 2 is 1.83 bits per heavy atom. The maximum absolute atomic E-state index is 14.2. The highest BCUT2D eigenvalue weighted by Gasteiger charge is 2.39. The molecule has 1 aliphatic carbocycles. The number of benzene rings is 1. The van der Waals surface area contributed by atoms with Gasteiger partial charge in [0.1, 0.15) is 5.82 Å². The number of likely N-dealkylation sites (tertiary alicyclic amines) is 2. The van der Waals surface area contributed by atoms with Crippen molar-refractivity contribution in [3.8, 4) is 6.07 Å². The molecule has 1 saturated carbocycles. The van der Waals surface area contributed by atoms with E-state index in [0.717, 1.165) is 58.2 Å². The van der Waals surface area contributed by atoms with Crippen molar-refractivity contribution in [2.24, 2.45) is 11.8 Å². The molecule has 2 heterocycles. The number of piperidine rings is 1. The van der Waals surface area contributed by atoms with Crippen LogP contribution < -0.4 is 0 Å². The van der Waals surface area contributed by atoms with Crippen molar-refractivity contribution in [3.63, 3.8) is 0 Å². The van der Waals surface area contributed by atoms with E-state index >= 15 is 0 Å². The van der Waals surface area contributed by atoms with Crippen LogP contribution in [0.4, 0.5) is 4.39 Å². The highest BCUT2D eigenvalue weighted by molar-refractivity contribution is 5.85. The molecule has 0 spiro atoms. The number of carbonyl (C=O) groups excluding carboxylic acids is 1. The Hall–Kier alpha value is -1.64. The van der Waals surface area contributed by atoms with Gasteiger partial charge < -0.3 is 4.90 Å². The SMILES string of the molecule is Cl.N#Cc1ccc(CN2CCC(C3CCCCCN3C(=O)C3CC3)CC2)c(F)c1. The Labute approximate surface area is 179 Å². The van der Waals surface area contributed by atoms with Crippen LogP contribution >= 0.6 is 12.4 Å². The Bertz CT molecular complexity index is 753. The van der Waals surface area contributed by atoms with Gasteiger partial charge in [-0.05, 0) is 69.7 Å². The molecule has 2 aliphatic heterocycles. The van der Waals surface area contributed by atoms with Crippen LogP contribution in [0, 0.1) is 29.0 Å². The quantitative estimate of drug-likeness (QED) is 0.721. The number of nitrogens with zero attached hydrogens (tertiary/aromatic N) is 3. The standard InChI is InChI=1S/C23H30FN3O.ClH/c24-21-14-17(15-25)5-6-20(21)16-26-12-9-18(10-13-26)22-4-2-1-3-11-27(22)23(28)19-7-8-19;/h5-6,14,18-19,22H,1-4,7-13,16H2;1H. The van der Waals surface area contributed by atoms with Gasteiger partial charge >= 0.3 is 0 Å². The minimum absolute atomic E-state index is 0. The molecule has 1 aromatic rings. The summed E-state index contributed by atoms with van der Waals surface area (Å²) in [4.78, 5) is 17.4. The van der Waals surface area contributed by atoms with Gasteiger partial charge in [0.15, 0.2) is 0 Å². The first-order valence-electron chi connectivity index (χ1n) is 10.9. The largest absolute Gasteiger partial charge is 0.339 e. The lowest BCUT2D eigenvalue weighted by atomic mass is 9.85. The summed E-state index contributed by atoms with van der Waals surface area (Å²) in [5.41, 5.74) is 1.03. The van der Waals surface area contributed by atoms with Gasteiger partial charge in [-0.3, -0.25) is 9.69 Å². The molecule has 29 heavy (non-hydrogen) atoms. The zero-order valence-corrected chi connectivity index (χ0v) is 17.8.